The Morgan fingerprint density at radius 2 is 1.77 bits per heavy atom. The zero-order valence-corrected chi connectivity index (χ0v) is 16.4. The minimum Gasteiger partial charge on any atom is -0.342 e. The van der Waals surface area contributed by atoms with Crippen LogP contribution in [0.3, 0.4) is 0 Å². The van der Waals surface area contributed by atoms with Crippen LogP contribution >= 0.6 is 0 Å². The van der Waals surface area contributed by atoms with E-state index in [2.05, 4.69) is 0 Å². The lowest BCUT2D eigenvalue weighted by atomic mass is 10.0. The average molecular weight is 378 g/mol. The third kappa shape index (κ3) is 3.77. The summed E-state index contributed by atoms with van der Waals surface area (Å²) in [5.74, 6) is -0.409. The van der Waals surface area contributed by atoms with Crippen LogP contribution in [0.25, 0.3) is 0 Å². The molecule has 0 saturated carbocycles. The van der Waals surface area contributed by atoms with E-state index in [1.807, 2.05) is 32.0 Å². The summed E-state index contributed by atoms with van der Waals surface area (Å²) in [7, 11) is -3.06. The molecule has 0 radical (unpaired) electrons. The van der Waals surface area contributed by atoms with Gasteiger partial charge in [-0.15, -0.1) is 0 Å². The molecule has 1 atom stereocenters. The van der Waals surface area contributed by atoms with Crippen LogP contribution in [0.4, 0.5) is 5.69 Å². The van der Waals surface area contributed by atoms with Crippen molar-refractivity contribution in [1.29, 1.82) is 0 Å². The summed E-state index contributed by atoms with van der Waals surface area (Å²) < 4.78 is 23.3. The lowest BCUT2D eigenvalue weighted by Crippen LogP contribution is -2.45. The largest absolute Gasteiger partial charge is 0.342 e. The third-order valence-electron chi connectivity index (χ3n) is 5.64. The Kier molecular flexibility index (Phi) is 5.10. The number of hydrogen-bond acceptors (Lipinski definition) is 4. The fraction of sp³-hybridized carbons (Fsp3) is 0.579. The lowest BCUT2D eigenvalue weighted by Gasteiger charge is -2.32. The van der Waals surface area contributed by atoms with Crippen molar-refractivity contribution in [1.82, 2.24) is 4.90 Å². The van der Waals surface area contributed by atoms with Gasteiger partial charge < -0.3 is 9.80 Å². The van der Waals surface area contributed by atoms with E-state index in [9.17, 15) is 18.0 Å². The summed E-state index contributed by atoms with van der Waals surface area (Å²) in [6.45, 7) is 5.33. The molecule has 26 heavy (non-hydrogen) atoms. The first-order valence-corrected chi connectivity index (χ1v) is 11.0. The summed E-state index contributed by atoms with van der Waals surface area (Å²) >= 11 is 0. The molecule has 1 aromatic rings. The number of nitrogens with zero attached hydrogens (tertiary/aromatic N) is 2. The fourth-order valence-corrected chi connectivity index (χ4v) is 4.85. The van der Waals surface area contributed by atoms with Gasteiger partial charge in [0.15, 0.2) is 0 Å². The minimum absolute atomic E-state index is 0.0300. The van der Waals surface area contributed by atoms with Gasteiger partial charge in [-0.3, -0.25) is 9.59 Å². The number of likely N-dealkylation sites (tertiary alicyclic amines) is 1. The summed E-state index contributed by atoms with van der Waals surface area (Å²) in [6, 6.07) is 5.89. The quantitative estimate of drug-likeness (QED) is 0.802. The fourth-order valence-electron chi connectivity index (χ4n) is 3.78. The number of sulfone groups is 1. The van der Waals surface area contributed by atoms with Crippen LogP contribution in [0.15, 0.2) is 18.2 Å². The smallest absolute Gasteiger partial charge is 0.228 e. The molecule has 0 spiro atoms. The van der Waals surface area contributed by atoms with Gasteiger partial charge in [0.2, 0.25) is 11.8 Å². The predicted molar refractivity (Wildman–Crippen MR) is 101 cm³/mol. The number of carbonyl (C=O) groups excluding carboxylic acids is 2. The SMILES string of the molecule is Cc1ccc(N2C[C@H](C(=O)N3CCC(S(C)(=O)=O)CC3)CC2=O)cc1C. The van der Waals surface area contributed by atoms with Gasteiger partial charge in [-0.2, -0.15) is 0 Å². The Hall–Kier alpha value is -1.89. The Bertz CT molecular complexity index is 826. The third-order valence-corrected chi connectivity index (χ3v) is 7.32. The van der Waals surface area contributed by atoms with Crippen LogP contribution in [-0.2, 0) is 19.4 Å². The topological polar surface area (TPSA) is 74.8 Å². The van der Waals surface area contributed by atoms with Gasteiger partial charge in [-0.05, 0) is 49.9 Å². The minimum atomic E-state index is -3.06. The number of hydrogen-bond donors (Lipinski definition) is 0. The monoisotopic (exact) mass is 378 g/mol. The van der Waals surface area contributed by atoms with Crippen molar-refractivity contribution in [3.63, 3.8) is 0 Å². The molecule has 142 valence electrons. The first-order valence-electron chi connectivity index (χ1n) is 9.02. The highest BCUT2D eigenvalue weighted by Gasteiger charge is 2.39. The van der Waals surface area contributed by atoms with Crippen LogP contribution in [0.1, 0.15) is 30.4 Å². The van der Waals surface area contributed by atoms with Gasteiger partial charge in [0.25, 0.3) is 0 Å². The molecule has 0 N–H and O–H groups in total. The molecule has 2 amide bonds. The average Bonchev–Trinajstić information content (AvgIpc) is 2.98. The van der Waals surface area contributed by atoms with Crippen LogP contribution < -0.4 is 4.90 Å². The van der Waals surface area contributed by atoms with Crippen molar-refractivity contribution in [3.05, 3.63) is 29.3 Å². The number of rotatable bonds is 3. The summed E-state index contributed by atoms with van der Waals surface area (Å²) in [5.41, 5.74) is 3.12. The molecule has 2 heterocycles. The van der Waals surface area contributed by atoms with Crippen LogP contribution in [0.5, 0.6) is 0 Å². The maximum atomic E-state index is 12.8. The summed E-state index contributed by atoms with van der Waals surface area (Å²) in [6.07, 6.45) is 2.43. The number of amides is 2. The van der Waals surface area contributed by atoms with Crippen molar-refractivity contribution >= 4 is 27.3 Å². The molecule has 2 saturated heterocycles. The Labute approximate surface area is 155 Å². The van der Waals surface area contributed by atoms with Gasteiger partial charge in [0, 0.05) is 38.0 Å². The standard InChI is InChI=1S/C19H26N2O4S/c1-13-4-5-16(10-14(13)2)21-12-15(11-18(21)22)19(23)20-8-6-17(7-9-20)26(3,24)25/h4-5,10,15,17H,6-9,11-12H2,1-3H3/t15-/m1/s1. The molecule has 6 nitrogen and oxygen atoms in total. The molecular formula is C19H26N2O4S. The highest BCUT2D eigenvalue weighted by atomic mass is 32.2. The molecule has 7 heteroatoms. The summed E-state index contributed by atoms with van der Waals surface area (Å²) in [5, 5.41) is -0.358. The second-order valence-electron chi connectivity index (χ2n) is 7.53. The number of carbonyl (C=O) groups is 2. The van der Waals surface area contributed by atoms with Gasteiger partial charge in [-0.1, -0.05) is 6.07 Å². The molecule has 0 unspecified atom stereocenters. The van der Waals surface area contributed by atoms with E-state index in [1.165, 1.54) is 11.8 Å². The van der Waals surface area contributed by atoms with Crippen molar-refractivity contribution in [2.45, 2.75) is 38.4 Å². The van der Waals surface area contributed by atoms with Crippen LogP contribution in [0.2, 0.25) is 0 Å². The maximum Gasteiger partial charge on any atom is 0.228 e. The van der Waals surface area contributed by atoms with E-state index < -0.39 is 9.84 Å². The van der Waals surface area contributed by atoms with Crippen LogP contribution in [0, 0.1) is 19.8 Å². The Morgan fingerprint density at radius 1 is 1.12 bits per heavy atom. The molecule has 2 fully saturated rings. The van der Waals surface area contributed by atoms with Gasteiger partial charge in [0.05, 0.1) is 11.2 Å². The van der Waals surface area contributed by atoms with Crippen LogP contribution in [-0.4, -0.2) is 56.3 Å². The zero-order valence-electron chi connectivity index (χ0n) is 15.6. The van der Waals surface area contributed by atoms with Gasteiger partial charge >= 0.3 is 0 Å². The summed E-state index contributed by atoms with van der Waals surface area (Å²) in [4.78, 5) is 28.6. The number of aryl methyl sites for hydroxylation is 2. The lowest BCUT2D eigenvalue weighted by molar-refractivity contribution is -0.136. The van der Waals surface area contributed by atoms with Crippen molar-refractivity contribution in [2.24, 2.45) is 5.92 Å². The Balaban J connectivity index is 1.65. The first kappa shape index (κ1) is 18.9. The van der Waals surface area contributed by atoms with E-state index in [0.29, 0.717) is 32.5 Å². The van der Waals surface area contributed by atoms with E-state index in [4.69, 9.17) is 0 Å². The van der Waals surface area contributed by atoms with Gasteiger partial charge in [0.1, 0.15) is 9.84 Å². The van der Waals surface area contributed by atoms with E-state index in [0.717, 1.165) is 11.3 Å². The van der Waals surface area contributed by atoms with Gasteiger partial charge in [-0.25, -0.2) is 8.42 Å². The van der Waals surface area contributed by atoms with Crippen molar-refractivity contribution in [2.75, 3.05) is 30.8 Å². The van der Waals surface area contributed by atoms with Crippen molar-refractivity contribution < 1.29 is 18.0 Å². The molecule has 1 aromatic carbocycles. The molecule has 0 aromatic heterocycles. The zero-order chi connectivity index (χ0) is 19.1. The number of piperidine rings is 1. The number of benzene rings is 1. The number of anilines is 1. The van der Waals surface area contributed by atoms with E-state index in [-0.39, 0.29) is 29.4 Å². The normalized spacial score (nSPS) is 22.1. The molecule has 2 aliphatic heterocycles. The highest BCUT2D eigenvalue weighted by Crippen LogP contribution is 2.29. The predicted octanol–water partition coefficient (Wildman–Crippen LogP) is 1.69. The van der Waals surface area contributed by atoms with E-state index >= 15 is 0 Å². The molecule has 0 bridgehead atoms. The first-order chi connectivity index (χ1) is 12.2. The molecular weight excluding hydrogens is 352 g/mol. The molecule has 2 aliphatic rings. The molecule has 0 aliphatic carbocycles. The van der Waals surface area contributed by atoms with Crippen molar-refractivity contribution in [3.8, 4) is 0 Å². The highest BCUT2D eigenvalue weighted by molar-refractivity contribution is 7.91. The second kappa shape index (κ2) is 7.02. The maximum absolute atomic E-state index is 12.8. The Morgan fingerprint density at radius 3 is 2.35 bits per heavy atom. The van der Waals surface area contributed by atoms with E-state index in [1.54, 1.807) is 9.80 Å². The second-order valence-corrected chi connectivity index (χ2v) is 9.85. The molecule has 3 rings (SSSR count).